The molecule has 0 spiro atoms. The molecule has 1 aliphatic rings. The third-order valence-electron chi connectivity index (χ3n) is 4.10. The van der Waals surface area contributed by atoms with E-state index in [-0.39, 0.29) is 5.82 Å². The molecule has 1 nitrogen and oxygen atoms in total. The van der Waals surface area contributed by atoms with Crippen molar-refractivity contribution in [2.24, 2.45) is 5.92 Å². The molecule has 1 aromatic rings. The van der Waals surface area contributed by atoms with Crippen molar-refractivity contribution in [1.82, 2.24) is 5.32 Å². The van der Waals surface area contributed by atoms with Gasteiger partial charge in [0.15, 0.2) is 0 Å². The van der Waals surface area contributed by atoms with Gasteiger partial charge in [-0.2, -0.15) is 0 Å². The van der Waals surface area contributed by atoms with Crippen molar-refractivity contribution in [2.45, 2.75) is 56.4 Å². The minimum atomic E-state index is -0.134. The standard InChI is InChI=1S/C17H26FNS/c1-2-11-19-17(14-7-4-3-5-8-14)13-20-16-10-6-9-15(18)12-16/h6,9-10,12,14,17,19H,2-5,7-8,11,13H2,1H3. The highest BCUT2D eigenvalue weighted by Crippen LogP contribution is 2.30. The van der Waals surface area contributed by atoms with Crippen molar-refractivity contribution >= 4 is 11.8 Å². The van der Waals surface area contributed by atoms with Gasteiger partial charge in [0.2, 0.25) is 0 Å². The molecule has 1 N–H and O–H groups in total. The molecule has 0 radical (unpaired) electrons. The highest BCUT2D eigenvalue weighted by molar-refractivity contribution is 7.99. The van der Waals surface area contributed by atoms with Crippen LogP contribution in [0.1, 0.15) is 45.4 Å². The third kappa shape index (κ3) is 5.10. The zero-order chi connectivity index (χ0) is 14.2. The highest BCUT2D eigenvalue weighted by Gasteiger charge is 2.23. The Bertz CT molecular complexity index is 390. The number of thioether (sulfide) groups is 1. The van der Waals surface area contributed by atoms with Crippen molar-refractivity contribution in [1.29, 1.82) is 0 Å². The molecule has 1 fully saturated rings. The molecule has 112 valence electrons. The summed E-state index contributed by atoms with van der Waals surface area (Å²) in [6.45, 7) is 3.30. The van der Waals surface area contributed by atoms with Crippen LogP contribution in [0.25, 0.3) is 0 Å². The average molecular weight is 295 g/mol. The summed E-state index contributed by atoms with van der Waals surface area (Å²) in [5.74, 6) is 1.72. The summed E-state index contributed by atoms with van der Waals surface area (Å²) in [5, 5.41) is 3.71. The second-order valence-corrected chi connectivity index (χ2v) is 6.82. The molecule has 3 heteroatoms. The summed E-state index contributed by atoms with van der Waals surface area (Å²) in [6.07, 6.45) is 8.03. The summed E-state index contributed by atoms with van der Waals surface area (Å²) >= 11 is 1.78. The summed E-state index contributed by atoms with van der Waals surface area (Å²) in [7, 11) is 0. The first kappa shape index (κ1) is 15.8. The Morgan fingerprint density at radius 2 is 2.10 bits per heavy atom. The number of halogens is 1. The first-order chi connectivity index (χ1) is 9.79. The lowest BCUT2D eigenvalue weighted by Gasteiger charge is -2.31. The van der Waals surface area contributed by atoms with E-state index in [0.717, 1.165) is 23.1 Å². The molecule has 0 amide bonds. The Labute approximate surface area is 126 Å². The van der Waals surface area contributed by atoms with Crippen LogP contribution in [0.2, 0.25) is 0 Å². The van der Waals surface area contributed by atoms with Gasteiger partial charge in [0.25, 0.3) is 0 Å². The van der Waals surface area contributed by atoms with Crippen molar-refractivity contribution < 1.29 is 4.39 Å². The maximum Gasteiger partial charge on any atom is 0.124 e. The summed E-state index contributed by atoms with van der Waals surface area (Å²) in [6, 6.07) is 7.53. The molecule has 2 rings (SSSR count). The van der Waals surface area contributed by atoms with E-state index in [2.05, 4.69) is 12.2 Å². The second-order valence-electron chi connectivity index (χ2n) is 5.73. The Hall–Kier alpha value is -0.540. The number of benzene rings is 1. The SMILES string of the molecule is CCCNC(CSc1cccc(F)c1)C1CCCCC1. The minimum absolute atomic E-state index is 0.134. The number of nitrogens with one attached hydrogen (secondary N) is 1. The largest absolute Gasteiger partial charge is 0.313 e. The van der Waals surface area contributed by atoms with Crippen molar-refractivity contribution in [3.63, 3.8) is 0 Å². The van der Waals surface area contributed by atoms with Gasteiger partial charge in [0, 0.05) is 16.7 Å². The van der Waals surface area contributed by atoms with Crippen molar-refractivity contribution in [3.8, 4) is 0 Å². The molecule has 20 heavy (non-hydrogen) atoms. The maximum absolute atomic E-state index is 13.2. The Morgan fingerprint density at radius 1 is 1.30 bits per heavy atom. The van der Waals surface area contributed by atoms with Crippen LogP contribution in [0.3, 0.4) is 0 Å². The second kappa shape index (κ2) is 8.68. The molecule has 1 saturated carbocycles. The molecule has 1 unspecified atom stereocenters. The van der Waals surface area contributed by atoms with E-state index in [1.807, 2.05) is 6.07 Å². The van der Waals surface area contributed by atoms with E-state index in [0.29, 0.717) is 6.04 Å². The molecule has 0 aromatic heterocycles. The van der Waals surface area contributed by atoms with Crippen LogP contribution in [0.15, 0.2) is 29.2 Å². The lowest BCUT2D eigenvalue weighted by atomic mass is 9.84. The number of hydrogen-bond donors (Lipinski definition) is 1. The van der Waals surface area contributed by atoms with Gasteiger partial charge in [-0.05, 0) is 49.9 Å². The smallest absolute Gasteiger partial charge is 0.124 e. The topological polar surface area (TPSA) is 12.0 Å². The van der Waals surface area contributed by atoms with Crippen LogP contribution in [0.4, 0.5) is 4.39 Å². The zero-order valence-corrected chi connectivity index (χ0v) is 13.2. The van der Waals surface area contributed by atoms with Gasteiger partial charge in [-0.1, -0.05) is 32.3 Å². The Balaban J connectivity index is 1.89. The minimum Gasteiger partial charge on any atom is -0.313 e. The summed E-state index contributed by atoms with van der Waals surface area (Å²) in [5.41, 5.74) is 0. The van der Waals surface area contributed by atoms with Crippen LogP contribution in [0, 0.1) is 11.7 Å². The van der Waals surface area contributed by atoms with E-state index in [9.17, 15) is 4.39 Å². The van der Waals surface area contributed by atoms with E-state index in [1.165, 1.54) is 44.6 Å². The van der Waals surface area contributed by atoms with Gasteiger partial charge in [-0.3, -0.25) is 0 Å². The van der Waals surface area contributed by atoms with E-state index in [1.54, 1.807) is 23.9 Å². The fraction of sp³-hybridized carbons (Fsp3) is 0.647. The van der Waals surface area contributed by atoms with Crippen LogP contribution in [-0.2, 0) is 0 Å². The van der Waals surface area contributed by atoms with Crippen LogP contribution in [0.5, 0.6) is 0 Å². The van der Waals surface area contributed by atoms with Crippen LogP contribution < -0.4 is 5.32 Å². The quantitative estimate of drug-likeness (QED) is 0.720. The molecule has 1 aromatic carbocycles. The van der Waals surface area contributed by atoms with Gasteiger partial charge in [-0.15, -0.1) is 11.8 Å². The summed E-state index contributed by atoms with van der Waals surface area (Å²) in [4.78, 5) is 1.05. The zero-order valence-electron chi connectivity index (χ0n) is 12.4. The summed E-state index contributed by atoms with van der Waals surface area (Å²) < 4.78 is 13.2. The number of rotatable bonds is 7. The first-order valence-corrected chi connectivity index (χ1v) is 8.90. The normalized spacial score (nSPS) is 18.1. The molecular formula is C17H26FNS. The van der Waals surface area contributed by atoms with Crippen molar-refractivity contribution in [2.75, 3.05) is 12.3 Å². The monoisotopic (exact) mass is 295 g/mol. The highest BCUT2D eigenvalue weighted by atomic mass is 32.2. The van der Waals surface area contributed by atoms with Gasteiger partial charge in [-0.25, -0.2) is 4.39 Å². The van der Waals surface area contributed by atoms with E-state index in [4.69, 9.17) is 0 Å². The lowest BCUT2D eigenvalue weighted by molar-refractivity contribution is 0.285. The van der Waals surface area contributed by atoms with Crippen LogP contribution >= 0.6 is 11.8 Å². The van der Waals surface area contributed by atoms with E-state index >= 15 is 0 Å². The average Bonchev–Trinajstić information content (AvgIpc) is 2.48. The Morgan fingerprint density at radius 3 is 2.80 bits per heavy atom. The molecule has 0 aliphatic heterocycles. The molecule has 1 atom stereocenters. The predicted octanol–water partition coefficient (Wildman–Crippen LogP) is 4.87. The fourth-order valence-corrected chi connectivity index (χ4v) is 4.10. The third-order valence-corrected chi connectivity index (χ3v) is 5.21. The molecule has 0 heterocycles. The van der Waals surface area contributed by atoms with Gasteiger partial charge >= 0.3 is 0 Å². The van der Waals surface area contributed by atoms with Crippen molar-refractivity contribution in [3.05, 3.63) is 30.1 Å². The lowest BCUT2D eigenvalue weighted by Crippen LogP contribution is -2.39. The molecular weight excluding hydrogens is 269 g/mol. The van der Waals surface area contributed by atoms with E-state index < -0.39 is 0 Å². The van der Waals surface area contributed by atoms with Crippen LogP contribution in [-0.4, -0.2) is 18.3 Å². The molecule has 0 bridgehead atoms. The predicted molar refractivity (Wildman–Crippen MR) is 85.8 cm³/mol. The van der Waals surface area contributed by atoms with Gasteiger partial charge in [0.05, 0.1) is 0 Å². The van der Waals surface area contributed by atoms with Gasteiger partial charge in [0.1, 0.15) is 5.82 Å². The number of hydrogen-bond acceptors (Lipinski definition) is 2. The Kier molecular flexibility index (Phi) is 6.88. The van der Waals surface area contributed by atoms with Gasteiger partial charge < -0.3 is 5.32 Å². The maximum atomic E-state index is 13.2. The first-order valence-electron chi connectivity index (χ1n) is 7.91. The molecule has 0 saturated heterocycles. The molecule has 1 aliphatic carbocycles. The fourth-order valence-electron chi connectivity index (χ4n) is 2.97.